The Morgan fingerprint density at radius 2 is 2.12 bits per heavy atom. The molecule has 0 fully saturated rings. The largest absolute Gasteiger partial charge is 0.311 e. The van der Waals surface area contributed by atoms with Gasteiger partial charge in [0.05, 0.1) is 11.3 Å². The number of benzene rings is 1. The third kappa shape index (κ3) is 2.36. The van der Waals surface area contributed by atoms with Crippen LogP contribution in [-0.2, 0) is 21.2 Å². The molecular formula is C10H11BrN2O3S. The van der Waals surface area contributed by atoms with E-state index in [1.807, 2.05) is 0 Å². The van der Waals surface area contributed by atoms with Gasteiger partial charge in [0.15, 0.2) is 0 Å². The van der Waals surface area contributed by atoms with Crippen LogP contribution < -0.4 is 10.0 Å². The maximum atomic E-state index is 11.7. The van der Waals surface area contributed by atoms with Crippen molar-refractivity contribution in [2.75, 3.05) is 16.8 Å². The van der Waals surface area contributed by atoms with Gasteiger partial charge in [0.2, 0.25) is 15.9 Å². The van der Waals surface area contributed by atoms with Crippen LogP contribution >= 0.6 is 15.9 Å². The number of fused-ring (bicyclic) bond motifs is 1. The van der Waals surface area contributed by atoms with E-state index < -0.39 is 10.0 Å². The number of amides is 1. The molecule has 0 saturated carbocycles. The standard InChI is InChI=1S/C10H11BrN2O3S/c11-3-4-13-9-2-1-8(17(12,15)16)5-7(9)6-10(13)14/h1-2,5H,3-4,6H2,(H2,12,15,16). The lowest BCUT2D eigenvalue weighted by atomic mass is 10.2. The van der Waals surface area contributed by atoms with E-state index >= 15 is 0 Å². The molecule has 0 saturated heterocycles. The molecular weight excluding hydrogens is 308 g/mol. The second-order valence-electron chi connectivity index (χ2n) is 3.75. The monoisotopic (exact) mass is 318 g/mol. The number of primary sulfonamides is 1. The van der Waals surface area contributed by atoms with Crippen molar-refractivity contribution >= 4 is 37.5 Å². The van der Waals surface area contributed by atoms with Crippen LogP contribution in [-0.4, -0.2) is 26.2 Å². The lowest BCUT2D eigenvalue weighted by Crippen LogP contribution is -2.28. The summed E-state index contributed by atoms with van der Waals surface area (Å²) in [5.41, 5.74) is 1.48. The van der Waals surface area contributed by atoms with E-state index in [2.05, 4.69) is 15.9 Å². The molecule has 17 heavy (non-hydrogen) atoms. The van der Waals surface area contributed by atoms with Crippen molar-refractivity contribution < 1.29 is 13.2 Å². The fourth-order valence-electron chi connectivity index (χ4n) is 1.87. The summed E-state index contributed by atoms with van der Waals surface area (Å²) in [5, 5.41) is 5.72. The highest BCUT2D eigenvalue weighted by atomic mass is 79.9. The van der Waals surface area contributed by atoms with Gasteiger partial charge in [0, 0.05) is 17.6 Å². The minimum Gasteiger partial charge on any atom is -0.311 e. The predicted octanol–water partition coefficient (Wildman–Crippen LogP) is 0.618. The van der Waals surface area contributed by atoms with Crippen molar-refractivity contribution in [2.45, 2.75) is 11.3 Å². The van der Waals surface area contributed by atoms with Crippen molar-refractivity contribution in [3.05, 3.63) is 23.8 Å². The summed E-state index contributed by atoms with van der Waals surface area (Å²) < 4.78 is 22.4. The summed E-state index contributed by atoms with van der Waals surface area (Å²) in [7, 11) is -3.71. The van der Waals surface area contributed by atoms with E-state index in [1.54, 1.807) is 11.0 Å². The second kappa shape index (κ2) is 4.40. The molecule has 1 aliphatic heterocycles. The minimum atomic E-state index is -3.71. The fourth-order valence-corrected chi connectivity index (χ4v) is 2.79. The number of sulfonamides is 1. The van der Waals surface area contributed by atoms with Gasteiger partial charge in [-0.25, -0.2) is 13.6 Å². The number of hydrogen-bond acceptors (Lipinski definition) is 3. The molecule has 0 atom stereocenters. The van der Waals surface area contributed by atoms with Crippen molar-refractivity contribution in [3.8, 4) is 0 Å². The first-order valence-electron chi connectivity index (χ1n) is 4.95. The molecule has 0 bridgehead atoms. The highest BCUT2D eigenvalue weighted by Crippen LogP contribution is 2.30. The van der Waals surface area contributed by atoms with Gasteiger partial charge >= 0.3 is 0 Å². The third-order valence-corrected chi connectivity index (χ3v) is 3.89. The molecule has 1 aromatic rings. The number of carbonyl (C=O) groups is 1. The molecule has 5 nitrogen and oxygen atoms in total. The Balaban J connectivity index is 2.45. The molecule has 1 amide bonds. The Kier molecular flexibility index (Phi) is 3.24. The van der Waals surface area contributed by atoms with E-state index in [4.69, 9.17) is 5.14 Å². The molecule has 1 aliphatic rings. The number of carbonyl (C=O) groups excluding carboxylic acids is 1. The Labute approximate surface area is 108 Å². The average molecular weight is 319 g/mol. The summed E-state index contributed by atoms with van der Waals surface area (Å²) in [6.45, 7) is 0.570. The summed E-state index contributed by atoms with van der Waals surface area (Å²) in [4.78, 5) is 13.4. The SMILES string of the molecule is NS(=O)(=O)c1ccc2c(c1)CC(=O)N2CCBr. The maximum Gasteiger partial charge on any atom is 0.238 e. The van der Waals surface area contributed by atoms with Crippen molar-refractivity contribution in [1.82, 2.24) is 0 Å². The molecule has 92 valence electrons. The zero-order valence-electron chi connectivity index (χ0n) is 8.89. The van der Waals surface area contributed by atoms with Crippen LogP contribution in [0.5, 0.6) is 0 Å². The number of halogens is 1. The van der Waals surface area contributed by atoms with Crippen LogP contribution in [0.4, 0.5) is 5.69 Å². The maximum absolute atomic E-state index is 11.7. The molecule has 0 aromatic heterocycles. The second-order valence-corrected chi connectivity index (χ2v) is 6.10. The van der Waals surface area contributed by atoms with Crippen LogP contribution in [0, 0.1) is 0 Å². The molecule has 2 rings (SSSR count). The number of hydrogen-bond donors (Lipinski definition) is 1. The van der Waals surface area contributed by atoms with E-state index in [-0.39, 0.29) is 17.2 Å². The van der Waals surface area contributed by atoms with Crippen LogP contribution in [0.1, 0.15) is 5.56 Å². The molecule has 0 aliphatic carbocycles. The van der Waals surface area contributed by atoms with Gasteiger partial charge in [-0.1, -0.05) is 15.9 Å². The Morgan fingerprint density at radius 3 is 2.71 bits per heavy atom. The number of rotatable bonds is 3. The van der Waals surface area contributed by atoms with Crippen molar-refractivity contribution in [1.29, 1.82) is 0 Å². The van der Waals surface area contributed by atoms with Gasteiger partial charge in [0.1, 0.15) is 0 Å². The molecule has 0 spiro atoms. The van der Waals surface area contributed by atoms with Gasteiger partial charge in [-0.15, -0.1) is 0 Å². The van der Waals surface area contributed by atoms with E-state index in [1.165, 1.54) is 12.1 Å². The average Bonchev–Trinajstić information content (AvgIpc) is 2.54. The molecule has 1 aromatic carbocycles. The third-order valence-electron chi connectivity index (χ3n) is 2.62. The summed E-state index contributed by atoms with van der Waals surface area (Å²) >= 11 is 3.28. The number of nitrogens with zero attached hydrogens (tertiary/aromatic N) is 1. The predicted molar refractivity (Wildman–Crippen MR) is 67.7 cm³/mol. The van der Waals surface area contributed by atoms with Gasteiger partial charge in [0.25, 0.3) is 0 Å². The van der Waals surface area contributed by atoms with Crippen molar-refractivity contribution in [3.63, 3.8) is 0 Å². The summed E-state index contributed by atoms with van der Waals surface area (Å²) in [6, 6.07) is 4.52. The normalized spacial score (nSPS) is 15.2. The van der Waals surface area contributed by atoms with Gasteiger partial charge in [-0.05, 0) is 23.8 Å². The molecule has 0 unspecified atom stereocenters. The van der Waals surface area contributed by atoms with Gasteiger partial charge < -0.3 is 4.90 Å². The van der Waals surface area contributed by atoms with Crippen LogP contribution in [0.2, 0.25) is 0 Å². The number of alkyl halides is 1. The van der Waals surface area contributed by atoms with Crippen LogP contribution in [0.15, 0.2) is 23.1 Å². The first kappa shape index (κ1) is 12.5. The molecule has 0 radical (unpaired) electrons. The molecule has 1 heterocycles. The zero-order chi connectivity index (χ0) is 12.6. The van der Waals surface area contributed by atoms with Gasteiger partial charge in [-0.3, -0.25) is 4.79 Å². The van der Waals surface area contributed by atoms with Crippen LogP contribution in [0.3, 0.4) is 0 Å². The molecule has 7 heteroatoms. The first-order chi connectivity index (χ1) is 7.93. The zero-order valence-corrected chi connectivity index (χ0v) is 11.3. The van der Waals surface area contributed by atoms with Crippen molar-refractivity contribution in [2.24, 2.45) is 5.14 Å². The molecule has 2 N–H and O–H groups in total. The quantitative estimate of drug-likeness (QED) is 0.829. The number of anilines is 1. The summed E-state index contributed by atoms with van der Waals surface area (Å²) in [6.07, 6.45) is 0.228. The Morgan fingerprint density at radius 1 is 1.41 bits per heavy atom. The highest BCUT2D eigenvalue weighted by Gasteiger charge is 2.27. The Hall–Kier alpha value is -0.920. The van der Waals surface area contributed by atoms with E-state index in [0.29, 0.717) is 17.4 Å². The summed E-state index contributed by atoms with van der Waals surface area (Å²) in [5.74, 6) is -0.0222. The first-order valence-corrected chi connectivity index (χ1v) is 7.62. The lowest BCUT2D eigenvalue weighted by molar-refractivity contribution is -0.117. The van der Waals surface area contributed by atoms with Crippen LogP contribution in [0.25, 0.3) is 0 Å². The lowest BCUT2D eigenvalue weighted by Gasteiger charge is -2.15. The van der Waals surface area contributed by atoms with E-state index in [0.717, 1.165) is 5.69 Å². The topological polar surface area (TPSA) is 80.5 Å². The smallest absolute Gasteiger partial charge is 0.238 e. The van der Waals surface area contributed by atoms with E-state index in [9.17, 15) is 13.2 Å². The Bertz CT molecular complexity index is 571. The number of nitrogens with two attached hydrogens (primary N) is 1. The minimum absolute atomic E-state index is 0.0222. The fraction of sp³-hybridized carbons (Fsp3) is 0.300. The highest BCUT2D eigenvalue weighted by molar-refractivity contribution is 9.09. The van der Waals surface area contributed by atoms with Gasteiger partial charge in [-0.2, -0.15) is 0 Å².